The number of carbonyl (C=O) groups excluding carboxylic acids is 1. The van der Waals surface area contributed by atoms with Crippen LogP contribution in [0.5, 0.6) is 5.75 Å². The monoisotopic (exact) mass is 317 g/mol. The number of hydrogen-bond donors (Lipinski definition) is 2. The highest BCUT2D eigenvalue weighted by molar-refractivity contribution is 5.88. The minimum Gasteiger partial charge on any atom is -0.480 e. The summed E-state index contributed by atoms with van der Waals surface area (Å²) in [6.07, 6.45) is -3.14. The van der Waals surface area contributed by atoms with Crippen LogP contribution in [0.4, 0.5) is 13.2 Å². The van der Waals surface area contributed by atoms with Gasteiger partial charge in [-0.1, -0.05) is 12.1 Å². The number of ether oxygens (including phenoxy) is 1. The summed E-state index contributed by atoms with van der Waals surface area (Å²) in [4.78, 5) is 22.4. The third kappa shape index (κ3) is 4.37. The average Bonchev–Trinajstić information content (AvgIpc) is 3.17. The summed E-state index contributed by atoms with van der Waals surface area (Å²) in [7, 11) is 0. The van der Waals surface area contributed by atoms with Crippen LogP contribution in [0.3, 0.4) is 0 Å². The Labute approximate surface area is 124 Å². The van der Waals surface area contributed by atoms with Crippen molar-refractivity contribution < 1.29 is 32.6 Å². The number of aliphatic carboxylic acids is 1. The van der Waals surface area contributed by atoms with Crippen molar-refractivity contribution in [2.45, 2.75) is 25.6 Å². The van der Waals surface area contributed by atoms with E-state index in [1.165, 1.54) is 24.3 Å². The van der Waals surface area contributed by atoms with Crippen LogP contribution >= 0.6 is 0 Å². The fourth-order valence-electron chi connectivity index (χ4n) is 2.18. The molecule has 0 bridgehead atoms. The van der Waals surface area contributed by atoms with E-state index in [0.717, 1.165) is 0 Å². The number of nitrogens with one attached hydrogen (secondary N) is 1. The summed E-state index contributed by atoms with van der Waals surface area (Å²) in [6, 6.07) is 5.30. The van der Waals surface area contributed by atoms with Gasteiger partial charge in [0.25, 0.3) is 0 Å². The number of carbonyl (C=O) groups is 2. The van der Waals surface area contributed by atoms with Crippen LogP contribution in [0.25, 0.3) is 0 Å². The predicted molar refractivity (Wildman–Crippen MR) is 69.1 cm³/mol. The molecule has 0 radical (unpaired) electrons. The predicted octanol–water partition coefficient (Wildman–Crippen LogP) is 2.11. The quantitative estimate of drug-likeness (QED) is 0.842. The molecule has 1 aromatic rings. The van der Waals surface area contributed by atoms with Crippen LogP contribution in [0.15, 0.2) is 24.3 Å². The molecule has 1 aromatic carbocycles. The second-order valence-corrected chi connectivity index (χ2v) is 5.23. The first-order chi connectivity index (χ1) is 10.2. The summed E-state index contributed by atoms with van der Waals surface area (Å²) in [5.41, 5.74) is 0.0412. The molecule has 0 aromatic heterocycles. The summed E-state index contributed by atoms with van der Waals surface area (Å²) in [5.74, 6) is -1.79. The Kier molecular flexibility index (Phi) is 4.30. The second kappa shape index (κ2) is 5.86. The Morgan fingerprint density at radius 3 is 2.27 bits per heavy atom. The van der Waals surface area contributed by atoms with Crippen LogP contribution in [0.1, 0.15) is 18.4 Å². The van der Waals surface area contributed by atoms with E-state index in [2.05, 4.69) is 10.1 Å². The summed E-state index contributed by atoms with van der Waals surface area (Å²) < 4.78 is 39.9. The lowest BCUT2D eigenvalue weighted by Crippen LogP contribution is -2.36. The first kappa shape index (κ1) is 16.1. The molecule has 0 spiro atoms. The Morgan fingerprint density at radius 2 is 1.82 bits per heavy atom. The van der Waals surface area contributed by atoms with Crippen LogP contribution < -0.4 is 10.1 Å². The topological polar surface area (TPSA) is 75.6 Å². The molecule has 120 valence electrons. The normalized spacial score (nSPS) is 16.0. The highest BCUT2D eigenvalue weighted by atomic mass is 19.4. The number of carboxylic acid groups (broad SMARTS) is 1. The van der Waals surface area contributed by atoms with Gasteiger partial charge in [-0.25, -0.2) is 0 Å². The van der Waals surface area contributed by atoms with E-state index >= 15 is 0 Å². The van der Waals surface area contributed by atoms with E-state index in [9.17, 15) is 22.8 Å². The number of amides is 1. The lowest BCUT2D eigenvalue weighted by atomic mass is 9.95. The smallest absolute Gasteiger partial charge is 0.480 e. The molecule has 0 heterocycles. The molecule has 0 saturated heterocycles. The fourth-order valence-corrected chi connectivity index (χ4v) is 2.18. The molecule has 0 aliphatic heterocycles. The highest BCUT2D eigenvalue weighted by Crippen LogP contribution is 2.48. The largest absolute Gasteiger partial charge is 0.573 e. The van der Waals surface area contributed by atoms with E-state index in [4.69, 9.17) is 5.11 Å². The van der Waals surface area contributed by atoms with Crippen molar-refractivity contribution in [3.05, 3.63) is 29.8 Å². The van der Waals surface area contributed by atoms with Gasteiger partial charge in [-0.15, -0.1) is 13.2 Å². The maximum atomic E-state index is 12.1. The summed E-state index contributed by atoms with van der Waals surface area (Å²) >= 11 is 0. The van der Waals surface area contributed by atoms with Crippen LogP contribution in [0.2, 0.25) is 0 Å². The van der Waals surface area contributed by atoms with Gasteiger partial charge in [0.15, 0.2) is 0 Å². The van der Waals surface area contributed by atoms with Gasteiger partial charge in [0.2, 0.25) is 5.91 Å². The standard InChI is InChI=1S/C14H14F3NO4/c15-14(16,17)22-10-3-1-9(2-4-10)7-13(5-6-13)12(21)18-8-11(19)20/h1-4H,5-8H2,(H,18,21)(H,19,20). The first-order valence-corrected chi connectivity index (χ1v) is 6.55. The fraction of sp³-hybridized carbons (Fsp3) is 0.429. The van der Waals surface area contributed by atoms with Gasteiger partial charge >= 0.3 is 12.3 Å². The van der Waals surface area contributed by atoms with Gasteiger partial charge in [0.1, 0.15) is 12.3 Å². The maximum absolute atomic E-state index is 12.1. The number of benzene rings is 1. The molecule has 22 heavy (non-hydrogen) atoms. The molecule has 2 rings (SSSR count). The molecule has 1 aliphatic carbocycles. The van der Waals surface area contributed by atoms with Crippen LogP contribution in [0, 0.1) is 5.41 Å². The van der Waals surface area contributed by atoms with Crippen molar-refractivity contribution in [2.75, 3.05) is 6.54 Å². The van der Waals surface area contributed by atoms with E-state index in [1.54, 1.807) is 0 Å². The highest BCUT2D eigenvalue weighted by Gasteiger charge is 2.49. The minimum absolute atomic E-state index is 0.323. The Bertz CT molecular complexity index is 564. The molecule has 1 amide bonds. The molecule has 0 unspecified atom stereocenters. The van der Waals surface area contributed by atoms with Gasteiger partial charge in [0, 0.05) is 0 Å². The van der Waals surface area contributed by atoms with E-state index in [-0.39, 0.29) is 11.7 Å². The number of rotatable bonds is 6. The molecule has 1 fully saturated rings. The number of carboxylic acids is 1. The van der Waals surface area contributed by atoms with Crippen molar-refractivity contribution in [1.29, 1.82) is 0 Å². The molecule has 1 saturated carbocycles. The van der Waals surface area contributed by atoms with Crippen molar-refractivity contribution in [1.82, 2.24) is 5.32 Å². The van der Waals surface area contributed by atoms with Crippen LogP contribution in [-0.2, 0) is 16.0 Å². The number of hydrogen-bond acceptors (Lipinski definition) is 3. The zero-order chi connectivity index (χ0) is 16.4. The van der Waals surface area contributed by atoms with Gasteiger partial charge in [0.05, 0.1) is 5.41 Å². The molecule has 8 heteroatoms. The van der Waals surface area contributed by atoms with Gasteiger partial charge < -0.3 is 15.2 Å². The molecular formula is C14H14F3NO4. The van der Waals surface area contributed by atoms with Crippen molar-refractivity contribution in [3.63, 3.8) is 0 Å². The van der Waals surface area contributed by atoms with E-state index in [1.807, 2.05) is 0 Å². The molecule has 5 nitrogen and oxygen atoms in total. The van der Waals surface area contributed by atoms with Crippen molar-refractivity contribution in [2.24, 2.45) is 5.41 Å². The zero-order valence-corrected chi connectivity index (χ0v) is 11.4. The molecule has 0 atom stereocenters. The Hall–Kier alpha value is -2.25. The van der Waals surface area contributed by atoms with E-state index in [0.29, 0.717) is 24.8 Å². The van der Waals surface area contributed by atoms with E-state index < -0.39 is 24.3 Å². The third-order valence-corrected chi connectivity index (χ3v) is 3.43. The van der Waals surface area contributed by atoms with Gasteiger partial charge in [-0.05, 0) is 37.0 Å². The molecule has 2 N–H and O–H groups in total. The average molecular weight is 317 g/mol. The van der Waals surface area contributed by atoms with Crippen molar-refractivity contribution in [3.8, 4) is 5.75 Å². The second-order valence-electron chi connectivity index (χ2n) is 5.23. The SMILES string of the molecule is O=C(O)CNC(=O)C1(Cc2ccc(OC(F)(F)F)cc2)CC1. The van der Waals surface area contributed by atoms with Crippen LogP contribution in [-0.4, -0.2) is 29.9 Å². The first-order valence-electron chi connectivity index (χ1n) is 6.55. The van der Waals surface area contributed by atoms with Gasteiger partial charge in [-0.3, -0.25) is 9.59 Å². The van der Waals surface area contributed by atoms with Gasteiger partial charge in [-0.2, -0.15) is 0 Å². The molecular weight excluding hydrogens is 303 g/mol. The lowest BCUT2D eigenvalue weighted by molar-refractivity contribution is -0.274. The number of alkyl halides is 3. The summed E-state index contributed by atoms with van der Waals surface area (Å²) in [5, 5.41) is 10.9. The Balaban J connectivity index is 1.96. The lowest BCUT2D eigenvalue weighted by Gasteiger charge is -2.15. The zero-order valence-electron chi connectivity index (χ0n) is 11.4. The number of halogens is 3. The summed E-state index contributed by atoms with van der Waals surface area (Å²) in [6.45, 7) is -0.445. The maximum Gasteiger partial charge on any atom is 0.573 e. The van der Waals surface area contributed by atoms with Crippen molar-refractivity contribution >= 4 is 11.9 Å². The molecule has 1 aliphatic rings. The Morgan fingerprint density at radius 1 is 1.23 bits per heavy atom. The third-order valence-electron chi connectivity index (χ3n) is 3.43. The minimum atomic E-state index is -4.74.